The van der Waals surface area contributed by atoms with Crippen molar-refractivity contribution < 1.29 is 38.2 Å². The zero-order valence-corrected chi connectivity index (χ0v) is 37.4. The molecule has 16 heteroatoms. The molecule has 1 saturated carbocycles. The van der Waals surface area contributed by atoms with Crippen molar-refractivity contribution in [1.82, 2.24) is 36.1 Å². The summed E-state index contributed by atoms with van der Waals surface area (Å²) in [5, 5.41) is 11.8. The Morgan fingerprint density at radius 1 is 0.823 bits per heavy atom. The van der Waals surface area contributed by atoms with Crippen LogP contribution in [0.5, 0.6) is 5.19 Å². The van der Waals surface area contributed by atoms with E-state index >= 15 is 0 Å². The second-order valence-corrected chi connectivity index (χ2v) is 19.3. The predicted octanol–water partition coefficient (Wildman–Crippen LogP) is 3.70. The topological polar surface area (TPSA) is 192 Å². The number of benzene rings is 2. The van der Waals surface area contributed by atoms with Crippen LogP contribution in [0.4, 0.5) is 4.79 Å². The van der Waals surface area contributed by atoms with Crippen LogP contribution >= 0.6 is 11.3 Å². The van der Waals surface area contributed by atoms with Crippen LogP contribution in [0, 0.1) is 17.3 Å². The number of aryl methyl sites for hydroxylation is 1. The molecule has 3 aliphatic rings. The number of aromatic nitrogens is 1. The van der Waals surface area contributed by atoms with Crippen molar-refractivity contribution in [2.75, 3.05) is 39.8 Å². The average molecular weight is 872 g/mol. The van der Waals surface area contributed by atoms with E-state index in [9.17, 15) is 28.8 Å². The van der Waals surface area contributed by atoms with Gasteiger partial charge in [0.25, 0.3) is 5.19 Å². The molecule has 3 fully saturated rings. The maximum absolute atomic E-state index is 14.3. The Morgan fingerprint density at radius 3 is 2.00 bits per heavy atom. The maximum atomic E-state index is 14.3. The van der Waals surface area contributed by atoms with E-state index in [0.717, 1.165) is 42.0 Å². The minimum atomic E-state index is -1.07. The quantitative estimate of drug-likeness (QED) is 0.122. The van der Waals surface area contributed by atoms with Gasteiger partial charge in [0.2, 0.25) is 23.6 Å². The Kier molecular flexibility index (Phi) is 15.2. The summed E-state index contributed by atoms with van der Waals surface area (Å²) >= 11 is 1.08. The Bertz CT molecular complexity index is 2050. The molecule has 6 atom stereocenters. The summed E-state index contributed by atoms with van der Waals surface area (Å²) in [7, 11) is 1.99. The first-order chi connectivity index (χ1) is 29.5. The van der Waals surface area contributed by atoms with Crippen molar-refractivity contribution >= 4 is 46.8 Å². The lowest BCUT2D eigenvalue weighted by Crippen LogP contribution is -2.59. The minimum Gasteiger partial charge on any atom is -0.381 e. The normalized spacial score (nSPS) is 21.1. The second kappa shape index (κ2) is 20.3. The first-order valence-corrected chi connectivity index (χ1v) is 22.4. The summed E-state index contributed by atoms with van der Waals surface area (Å²) in [5.41, 5.74) is 0.680. The van der Waals surface area contributed by atoms with Gasteiger partial charge in [0.05, 0.1) is 19.1 Å². The molecule has 3 heterocycles. The number of ketones is 1. The highest BCUT2D eigenvalue weighted by Gasteiger charge is 2.59. The van der Waals surface area contributed by atoms with Gasteiger partial charge in [-0.15, -0.1) is 0 Å². The first-order valence-electron chi connectivity index (χ1n) is 21.6. The van der Waals surface area contributed by atoms with E-state index < -0.39 is 59.5 Å². The van der Waals surface area contributed by atoms with Crippen LogP contribution < -0.4 is 26.0 Å². The Labute approximate surface area is 368 Å². The van der Waals surface area contributed by atoms with E-state index in [1.54, 1.807) is 11.8 Å². The molecule has 2 saturated heterocycles. The standard InChI is InChI=1S/C46H61N7O8S/c1-29(2)23-35(41(57)50-36(24-31-15-11-8-12-16-31)42(58)51-38(33-26-45(33,3)4)39(55)46(5)28-60-46)49-40(56)34(18-17-30-13-9-7-10-14-30)48-37(54)25-32-27-47-43(62-32)61-44(59)53-21-19-52(6)20-22-53/h7-16,27,29,33-36,38H,17-26,28H2,1-6H3,(H,48,54)(H,49,56)(H,50,57)(H,51,58). The number of epoxide rings is 1. The van der Waals surface area contributed by atoms with Crippen LogP contribution in [0.15, 0.2) is 66.9 Å². The molecule has 3 aromatic rings. The van der Waals surface area contributed by atoms with Crippen molar-refractivity contribution in [1.29, 1.82) is 0 Å². The number of amides is 5. The van der Waals surface area contributed by atoms with E-state index in [1.165, 1.54) is 6.20 Å². The van der Waals surface area contributed by atoms with Crippen LogP contribution in [0.3, 0.4) is 0 Å². The van der Waals surface area contributed by atoms with Gasteiger partial charge in [-0.3, -0.25) is 24.0 Å². The number of carbonyl (C=O) groups excluding carboxylic acids is 6. The Hall–Kier alpha value is -5.19. The van der Waals surface area contributed by atoms with Gasteiger partial charge in [0.1, 0.15) is 23.7 Å². The summed E-state index contributed by atoms with van der Waals surface area (Å²) in [5.74, 6) is -2.36. The largest absolute Gasteiger partial charge is 0.417 e. The predicted molar refractivity (Wildman–Crippen MR) is 234 cm³/mol. The number of thiazole rings is 1. The molecule has 15 nitrogen and oxygen atoms in total. The molecule has 4 N–H and O–H groups in total. The number of nitrogens with zero attached hydrogens (tertiary/aromatic N) is 3. The number of hydrogen-bond acceptors (Lipinski definition) is 11. The number of hydrogen-bond donors (Lipinski definition) is 4. The van der Waals surface area contributed by atoms with E-state index in [1.807, 2.05) is 81.6 Å². The van der Waals surface area contributed by atoms with Gasteiger partial charge in [-0.2, -0.15) is 0 Å². The first kappa shape index (κ1) is 46.3. The molecule has 0 spiro atoms. The molecular weight excluding hydrogens is 811 g/mol. The highest BCUT2D eigenvalue weighted by atomic mass is 32.1. The zero-order valence-electron chi connectivity index (χ0n) is 36.6. The van der Waals surface area contributed by atoms with Gasteiger partial charge in [-0.05, 0) is 68.0 Å². The second-order valence-electron chi connectivity index (χ2n) is 18.2. The van der Waals surface area contributed by atoms with E-state index in [2.05, 4.69) is 45.0 Å². The van der Waals surface area contributed by atoms with Crippen LogP contribution in [0.25, 0.3) is 0 Å². The van der Waals surface area contributed by atoms with Crippen molar-refractivity contribution in [2.45, 2.75) is 103 Å². The number of ether oxygens (including phenoxy) is 2. The summed E-state index contributed by atoms with van der Waals surface area (Å²) < 4.78 is 11.0. The van der Waals surface area contributed by atoms with Gasteiger partial charge >= 0.3 is 6.09 Å². The van der Waals surface area contributed by atoms with Gasteiger partial charge in [0.15, 0.2) is 5.78 Å². The molecule has 5 amide bonds. The van der Waals surface area contributed by atoms with Gasteiger partial charge in [-0.25, -0.2) is 9.78 Å². The smallest absolute Gasteiger partial charge is 0.381 e. The van der Waals surface area contributed by atoms with Gasteiger partial charge < -0.3 is 40.5 Å². The van der Waals surface area contributed by atoms with E-state index in [0.29, 0.717) is 31.0 Å². The molecule has 0 bridgehead atoms. The monoisotopic (exact) mass is 871 g/mol. The van der Waals surface area contributed by atoms with Gasteiger partial charge in [-0.1, -0.05) is 99.7 Å². The lowest BCUT2D eigenvalue weighted by molar-refractivity contribution is -0.135. The number of Topliss-reactive ketones (excluding diaryl/α,β-unsaturated/α-hetero) is 1. The van der Waals surface area contributed by atoms with Crippen molar-refractivity contribution in [3.63, 3.8) is 0 Å². The summed E-state index contributed by atoms with van der Waals surface area (Å²) in [4.78, 5) is 91.1. The number of nitrogens with one attached hydrogen (secondary N) is 4. The molecular formula is C46H61N7O8S. The molecule has 6 unspecified atom stereocenters. The SMILES string of the molecule is CC(C)CC(NC(=O)C(CCc1ccccc1)NC(=O)Cc1cnc(OC(=O)N2CCN(C)CC2)s1)C(=O)NC(Cc1ccccc1)C(=O)NC(C(=O)C1(C)CO1)C1CC1(C)C. The Morgan fingerprint density at radius 2 is 1.40 bits per heavy atom. The third kappa shape index (κ3) is 12.9. The number of rotatable bonds is 20. The van der Waals surface area contributed by atoms with Gasteiger partial charge in [0, 0.05) is 43.7 Å². The fraction of sp³-hybridized carbons (Fsp3) is 0.543. The Balaban J connectivity index is 1.14. The number of piperazine rings is 1. The van der Waals surface area contributed by atoms with E-state index in [-0.39, 0.29) is 53.9 Å². The third-order valence-electron chi connectivity index (χ3n) is 11.9. The van der Waals surface area contributed by atoms with Crippen LogP contribution in [-0.2, 0) is 48.0 Å². The lowest BCUT2D eigenvalue weighted by atomic mass is 9.92. The third-order valence-corrected chi connectivity index (χ3v) is 12.8. The molecule has 2 aliphatic heterocycles. The lowest BCUT2D eigenvalue weighted by Gasteiger charge is -2.31. The van der Waals surface area contributed by atoms with Crippen LogP contribution in [0.2, 0.25) is 0 Å². The number of likely N-dealkylation sites (N-methyl/N-ethyl adjacent to an activating group) is 1. The molecule has 62 heavy (non-hydrogen) atoms. The molecule has 2 aromatic carbocycles. The minimum absolute atomic E-state index is 0.0333. The summed E-state index contributed by atoms with van der Waals surface area (Å²) in [6.07, 6.45) is 2.73. The zero-order chi connectivity index (χ0) is 44.6. The van der Waals surface area contributed by atoms with Crippen molar-refractivity contribution in [3.05, 3.63) is 82.9 Å². The van der Waals surface area contributed by atoms with E-state index in [4.69, 9.17) is 9.47 Å². The fourth-order valence-corrected chi connectivity index (χ4v) is 8.49. The van der Waals surface area contributed by atoms with Crippen molar-refractivity contribution in [2.24, 2.45) is 17.3 Å². The highest BCUT2D eigenvalue weighted by molar-refractivity contribution is 7.13. The molecule has 1 aromatic heterocycles. The molecule has 0 radical (unpaired) electrons. The van der Waals surface area contributed by atoms with Crippen molar-refractivity contribution in [3.8, 4) is 5.19 Å². The van der Waals surface area contributed by atoms with Crippen LogP contribution in [-0.4, -0.2) is 120 Å². The molecule has 6 rings (SSSR count). The maximum Gasteiger partial charge on any atom is 0.417 e. The summed E-state index contributed by atoms with van der Waals surface area (Å²) in [6.45, 7) is 12.6. The summed E-state index contributed by atoms with van der Waals surface area (Å²) in [6, 6.07) is 14.9. The fourth-order valence-electron chi connectivity index (χ4n) is 7.74. The highest BCUT2D eigenvalue weighted by Crippen LogP contribution is 2.54. The average Bonchev–Trinajstić information content (AvgIpc) is 4.09. The number of carbonyl (C=O) groups is 6. The van der Waals surface area contributed by atoms with Crippen LogP contribution in [0.1, 0.15) is 69.9 Å². The molecule has 334 valence electrons. The molecule has 1 aliphatic carbocycles.